The van der Waals surface area contributed by atoms with Gasteiger partial charge in [-0.15, -0.1) is 23.2 Å². The summed E-state index contributed by atoms with van der Waals surface area (Å²) in [7, 11) is 0. The number of nitrogens with zero attached hydrogens (tertiary/aromatic N) is 1. The first-order valence-corrected chi connectivity index (χ1v) is 8.89. The lowest BCUT2D eigenvalue weighted by Gasteiger charge is -2.24. The SMILES string of the molecule is CC(Cl)CN(CC(C)Cl)C(=O)Sc1cccc2ccccc12. The summed E-state index contributed by atoms with van der Waals surface area (Å²) in [5.74, 6) is 0. The van der Waals surface area contributed by atoms with E-state index >= 15 is 0 Å². The molecule has 0 spiro atoms. The Morgan fingerprint density at radius 3 is 2.27 bits per heavy atom. The van der Waals surface area contributed by atoms with Crippen LogP contribution in [0.1, 0.15) is 13.8 Å². The maximum absolute atomic E-state index is 12.6. The molecule has 1 amide bonds. The number of carbonyl (C=O) groups excluding carboxylic acids is 1. The molecule has 0 aromatic heterocycles. The molecule has 22 heavy (non-hydrogen) atoms. The van der Waals surface area contributed by atoms with Crippen LogP contribution >= 0.6 is 35.0 Å². The van der Waals surface area contributed by atoms with E-state index in [1.807, 2.05) is 56.3 Å². The van der Waals surface area contributed by atoms with E-state index in [9.17, 15) is 4.79 Å². The minimum atomic E-state index is -0.104. The second-order valence-corrected chi connectivity index (χ2v) is 7.80. The first-order chi connectivity index (χ1) is 10.5. The lowest BCUT2D eigenvalue weighted by atomic mass is 10.1. The maximum Gasteiger partial charge on any atom is 0.286 e. The molecule has 0 aliphatic heterocycles. The highest BCUT2D eigenvalue weighted by atomic mass is 35.5. The zero-order valence-electron chi connectivity index (χ0n) is 12.6. The maximum atomic E-state index is 12.6. The first kappa shape index (κ1) is 17.5. The van der Waals surface area contributed by atoms with Crippen molar-refractivity contribution in [3.05, 3.63) is 42.5 Å². The number of alkyl halides is 2. The third-order valence-electron chi connectivity index (χ3n) is 3.15. The Morgan fingerprint density at radius 2 is 1.64 bits per heavy atom. The Labute approximate surface area is 145 Å². The number of rotatable bonds is 5. The number of thioether (sulfide) groups is 1. The minimum absolute atomic E-state index is 0.0173. The summed E-state index contributed by atoms with van der Waals surface area (Å²) in [5, 5.41) is 1.99. The van der Waals surface area contributed by atoms with Crippen molar-refractivity contribution in [2.45, 2.75) is 29.5 Å². The number of hydrogen-bond donors (Lipinski definition) is 0. The third-order valence-corrected chi connectivity index (χ3v) is 4.43. The average Bonchev–Trinajstić information content (AvgIpc) is 2.46. The van der Waals surface area contributed by atoms with Crippen LogP contribution in [-0.4, -0.2) is 34.0 Å². The van der Waals surface area contributed by atoms with Gasteiger partial charge in [0, 0.05) is 28.7 Å². The number of benzene rings is 2. The second kappa shape index (κ2) is 8.09. The van der Waals surface area contributed by atoms with Crippen molar-refractivity contribution in [2.24, 2.45) is 0 Å². The van der Waals surface area contributed by atoms with Crippen molar-refractivity contribution in [2.75, 3.05) is 13.1 Å². The smallest absolute Gasteiger partial charge is 0.286 e. The second-order valence-electron chi connectivity index (χ2n) is 5.31. The monoisotopic (exact) mass is 355 g/mol. The summed E-state index contributed by atoms with van der Waals surface area (Å²) in [6, 6.07) is 14.0. The van der Waals surface area contributed by atoms with Crippen LogP contribution in [-0.2, 0) is 0 Å². The summed E-state index contributed by atoms with van der Waals surface area (Å²) < 4.78 is 0. The largest absolute Gasteiger partial charge is 0.330 e. The summed E-state index contributed by atoms with van der Waals surface area (Å²) in [6.07, 6.45) is 0. The van der Waals surface area contributed by atoms with Gasteiger partial charge in [-0.05, 0) is 42.4 Å². The van der Waals surface area contributed by atoms with Gasteiger partial charge in [0.25, 0.3) is 5.24 Å². The van der Waals surface area contributed by atoms with Gasteiger partial charge in [-0.25, -0.2) is 0 Å². The molecule has 0 saturated carbocycles. The summed E-state index contributed by atoms with van der Waals surface area (Å²) in [5.41, 5.74) is 0. The molecule has 0 fully saturated rings. The minimum Gasteiger partial charge on any atom is -0.330 e. The molecule has 0 heterocycles. The standard InChI is InChI=1S/C17H19Cl2NOS/c1-12(18)10-20(11-13(2)19)17(21)22-16-9-5-7-14-6-3-4-8-15(14)16/h3-9,12-13H,10-11H2,1-2H3. The zero-order valence-corrected chi connectivity index (χ0v) is 15.0. The molecule has 2 aromatic rings. The van der Waals surface area contributed by atoms with Crippen molar-refractivity contribution in [3.63, 3.8) is 0 Å². The Hall–Kier alpha value is -0.900. The average molecular weight is 356 g/mol. The van der Waals surface area contributed by atoms with Crippen LogP contribution in [0.25, 0.3) is 10.8 Å². The van der Waals surface area contributed by atoms with Gasteiger partial charge >= 0.3 is 0 Å². The molecule has 5 heteroatoms. The van der Waals surface area contributed by atoms with E-state index in [1.165, 1.54) is 11.8 Å². The Bertz CT molecular complexity index is 630. The number of amides is 1. The Balaban J connectivity index is 2.20. The quantitative estimate of drug-likeness (QED) is 0.513. The van der Waals surface area contributed by atoms with Crippen LogP contribution in [0.3, 0.4) is 0 Å². The molecule has 2 nitrogen and oxygen atoms in total. The van der Waals surface area contributed by atoms with Crippen molar-refractivity contribution in [3.8, 4) is 0 Å². The van der Waals surface area contributed by atoms with Crippen molar-refractivity contribution < 1.29 is 4.79 Å². The number of fused-ring (bicyclic) bond motifs is 1. The Morgan fingerprint density at radius 1 is 1.05 bits per heavy atom. The van der Waals surface area contributed by atoms with E-state index in [0.717, 1.165) is 15.7 Å². The van der Waals surface area contributed by atoms with E-state index in [4.69, 9.17) is 23.2 Å². The van der Waals surface area contributed by atoms with Gasteiger partial charge in [-0.1, -0.05) is 36.4 Å². The number of carbonyl (C=O) groups is 1. The molecule has 2 rings (SSSR count). The molecule has 0 saturated heterocycles. The van der Waals surface area contributed by atoms with Crippen LogP contribution in [0.15, 0.2) is 47.4 Å². The number of halogens is 2. The molecule has 118 valence electrons. The normalized spacial score (nSPS) is 13.8. The van der Waals surface area contributed by atoms with Crippen LogP contribution in [0, 0.1) is 0 Å². The van der Waals surface area contributed by atoms with Gasteiger partial charge in [0.05, 0.1) is 0 Å². The highest BCUT2D eigenvalue weighted by Crippen LogP contribution is 2.30. The molecule has 0 bridgehead atoms. The van der Waals surface area contributed by atoms with Gasteiger partial charge < -0.3 is 4.90 Å². The predicted molar refractivity (Wildman–Crippen MR) is 97.4 cm³/mol. The molecular formula is C17H19Cl2NOS. The summed E-state index contributed by atoms with van der Waals surface area (Å²) >= 11 is 13.3. The summed E-state index contributed by atoms with van der Waals surface area (Å²) in [4.78, 5) is 15.3. The van der Waals surface area contributed by atoms with Crippen molar-refractivity contribution in [1.29, 1.82) is 0 Å². The molecule has 0 N–H and O–H groups in total. The fourth-order valence-electron chi connectivity index (χ4n) is 2.27. The number of hydrogen-bond acceptors (Lipinski definition) is 2. The molecule has 0 aliphatic rings. The van der Waals surface area contributed by atoms with Crippen LogP contribution < -0.4 is 0 Å². The van der Waals surface area contributed by atoms with Gasteiger partial charge in [0.2, 0.25) is 0 Å². The third kappa shape index (κ3) is 4.80. The van der Waals surface area contributed by atoms with Crippen LogP contribution in [0.4, 0.5) is 4.79 Å². The van der Waals surface area contributed by atoms with E-state index in [-0.39, 0.29) is 16.0 Å². The molecule has 0 aliphatic carbocycles. The van der Waals surface area contributed by atoms with Crippen molar-refractivity contribution in [1.82, 2.24) is 4.90 Å². The van der Waals surface area contributed by atoms with E-state index < -0.39 is 0 Å². The topological polar surface area (TPSA) is 20.3 Å². The molecule has 2 aromatic carbocycles. The van der Waals surface area contributed by atoms with Gasteiger partial charge in [-0.2, -0.15) is 0 Å². The lowest BCUT2D eigenvalue weighted by molar-refractivity contribution is 0.224. The van der Waals surface area contributed by atoms with E-state index in [0.29, 0.717) is 13.1 Å². The predicted octanol–water partition coefficient (Wildman–Crippen LogP) is 5.61. The highest BCUT2D eigenvalue weighted by Gasteiger charge is 2.19. The molecule has 2 atom stereocenters. The molecular weight excluding hydrogens is 337 g/mol. The van der Waals surface area contributed by atoms with Gasteiger partial charge in [-0.3, -0.25) is 4.79 Å². The van der Waals surface area contributed by atoms with Crippen LogP contribution in [0.5, 0.6) is 0 Å². The van der Waals surface area contributed by atoms with Gasteiger partial charge in [0.1, 0.15) is 0 Å². The summed E-state index contributed by atoms with van der Waals surface area (Å²) in [6.45, 7) is 4.75. The fraction of sp³-hybridized carbons (Fsp3) is 0.353. The molecule has 0 radical (unpaired) electrons. The fourth-order valence-corrected chi connectivity index (χ4v) is 3.52. The van der Waals surface area contributed by atoms with E-state index in [1.54, 1.807) is 4.90 Å². The van der Waals surface area contributed by atoms with E-state index in [2.05, 4.69) is 0 Å². The van der Waals surface area contributed by atoms with Gasteiger partial charge in [0.15, 0.2) is 0 Å². The molecule has 2 unspecified atom stereocenters. The zero-order chi connectivity index (χ0) is 16.1. The van der Waals surface area contributed by atoms with Crippen LogP contribution in [0.2, 0.25) is 0 Å². The Kier molecular flexibility index (Phi) is 6.42. The highest BCUT2D eigenvalue weighted by molar-refractivity contribution is 8.13. The first-order valence-electron chi connectivity index (χ1n) is 7.20. The van der Waals surface area contributed by atoms with Crippen molar-refractivity contribution >= 4 is 51.0 Å². The lowest BCUT2D eigenvalue weighted by Crippen LogP contribution is -2.36.